The first-order valence-corrected chi connectivity index (χ1v) is 11.2. The Balaban J connectivity index is 1.55. The Kier molecular flexibility index (Phi) is 7.26. The van der Waals surface area contributed by atoms with Crippen LogP contribution in [0.1, 0.15) is 42.2 Å². The Morgan fingerprint density at radius 1 is 1.03 bits per heavy atom. The van der Waals surface area contributed by atoms with Gasteiger partial charge in [0, 0.05) is 18.5 Å². The molecule has 1 heterocycles. The normalized spacial score (nSPS) is 12.4. The van der Waals surface area contributed by atoms with E-state index in [2.05, 4.69) is 9.87 Å². The number of rotatable bonds is 7. The molecule has 0 aliphatic carbocycles. The number of carbonyl (C=O) groups excluding carboxylic acids is 1. The molecule has 1 atom stereocenters. The van der Waals surface area contributed by atoms with Crippen molar-refractivity contribution in [3.63, 3.8) is 0 Å². The maximum Gasteiger partial charge on any atom is 0.418 e. The van der Waals surface area contributed by atoms with Gasteiger partial charge in [-0.3, -0.25) is 9.87 Å². The van der Waals surface area contributed by atoms with Gasteiger partial charge in [0.2, 0.25) is 0 Å². The first-order valence-electron chi connectivity index (χ1n) is 11.2. The Labute approximate surface area is 206 Å². The van der Waals surface area contributed by atoms with Crippen LogP contribution in [0.3, 0.4) is 0 Å². The van der Waals surface area contributed by atoms with Gasteiger partial charge < -0.3 is 4.74 Å². The highest BCUT2D eigenvalue weighted by atomic mass is 19.4. The smallest absolute Gasteiger partial charge is 0.418 e. The van der Waals surface area contributed by atoms with Crippen molar-refractivity contribution >= 4 is 16.9 Å². The largest absolute Gasteiger partial charge is 0.489 e. The van der Waals surface area contributed by atoms with E-state index in [-0.39, 0.29) is 12.1 Å². The molecule has 8 heteroatoms. The highest BCUT2D eigenvalue weighted by molar-refractivity contribution is 5.97. The summed E-state index contributed by atoms with van der Waals surface area (Å²) in [4.78, 5) is 24.6. The molecule has 4 rings (SSSR count). The summed E-state index contributed by atoms with van der Waals surface area (Å²) >= 11 is 0. The average molecular weight is 495 g/mol. The van der Waals surface area contributed by atoms with Crippen LogP contribution in [0.15, 0.2) is 72.9 Å². The zero-order chi connectivity index (χ0) is 25.9. The van der Waals surface area contributed by atoms with E-state index in [0.717, 1.165) is 28.3 Å². The maximum atomic E-state index is 13.5. The minimum atomic E-state index is -4.50. The van der Waals surface area contributed by atoms with Gasteiger partial charge in [0.25, 0.3) is 0 Å². The molecule has 5 nitrogen and oxygen atoms in total. The Hall–Kier alpha value is -3.91. The summed E-state index contributed by atoms with van der Waals surface area (Å²) in [6, 6.07) is 18.8. The van der Waals surface area contributed by atoms with Crippen LogP contribution in [-0.2, 0) is 27.4 Å². The average Bonchev–Trinajstić information content (AvgIpc) is 2.85. The number of carbonyl (C=O) groups is 1. The number of fused-ring (bicyclic) bond motifs is 1. The van der Waals surface area contributed by atoms with Gasteiger partial charge in [-0.25, -0.2) is 4.79 Å². The summed E-state index contributed by atoms with van der Waals surface area (Å²) in [5, 5.41) is 0.433. The molecule has 0 fully saturated rings. The van der Waals surface area contributed by atoms with E-state index in [4.69, 9.17) is 9.62 Å². The van der Waals surface area contributed by atoms with Gasteiger partial charge in [0.15, 0.2) is 0 Å². The van der Waals surface area contributed by atoms with Crippen LogP contribution >= 0.6 is 0 Å². The van der Waals surface area contributed by atoms with E-state index in [1.54, 1.807) is 25.1 Å². The summed E-state index contributed by atoms with van der Waals surface area (Å²) in [5.41, 5.74) is 3.09. The molecule has 3 aromatic carbocycles. The van der Waals surface area contributed by atoms with E-state index < -0.39 is 23.8 Å². The Morgan fingerprint density at radius 3 is 2.44 bits per heavy atom. The number of para-hydroxylation sites is 1. The highest BCUT2D eigenvalue weighted by Crippen LogP contribution is 2.38. The van der Waals surface area contributed by atoms with Crippen LogP contribution in [-0.4, -0.2) is 11.0 Å². The quantitative estimate of drug-likeness (QED) is 0.198. The molecule has 0 bridgehead atoms. The molecule has 4 aromatic rings. The fraction of sp³-hybridized carbons (Fsp3) is 0.214. The van der Waals surface area contributed by atoms with E-state index in [1.807, 2.05) is 43.3 Å². The van der Waals surface area contributed by atoms with Crippen molar-refractivity contribution in [2.24, 2.45) is 0 Å². The van der Waals surface area contributed by atoms with Crippen molar-refractivity contribution in [1.29, 1.82) is 0 Å². The second-order valence-corrected chi connectivity index (χ2v) is 8.39. The number of halogens is 3. The second kappa shape index (κ2) is 10.4. The van der Waals surface area contributed by atoms with E-state index in [9.17, 15) is 18.0 Å². The predicted octanol–water partition coefficient (Wildman–Crippen LogP) is 7.36. The molecular weight excluding hydrogens is 471 g/mol. The number of pyridine rings is 1. The Morgan fingerprint density at radius 2 is 1.75 bits per heavy atom. The molecule has 1 unspecified atom stereocenters. The van der Waals surface area contributed by atoms with Gasteiger partial charge in [-0.15, -0.1) is 0 Å². The summed E-state index contributed by atoms with van der Waals surface area (Å²) in [6.07, 6.45) is -3.45. The first kappa shape index (κ1) is 25.2. The molecule has 0 saturated carbocycles. The number of alkyl halides is 3. The van der Waals surface area contributed by atoms with Gasteiger partial charge in [-0.1, -0.05) is 48.5 Å². The fourth-order valence-corrected chi connectivity index (χ4v) is 3.92. The molecule has 1 aromatic heterocycles. The molecular formula is C28H24F3NO4. The van der Waals surface area contributed by atoms with E-state index in [0.29, 0.717) is 16.7 Å². The molecule has 0 saturated heterocycles. The minimum Gasteiger partial charge on any atom is -0.489 e. The lowest BCUT2D eigenvalue weighted by molar-refractivity contribution is -0.295. The molecule has 0 aliphatic rings. The summed E-state index contributed by atoms with van der Waals surface area (Å²) in [6.45, 7) is 5.14. The lowest BCUT2D eigenvalue weighted by Crippen LogP contribution is -2.07. The number of nitrogens with zero attached hydrogens (tertiary/aromatic N) is 1. The van der Waals surface area contributed by atoms with Gasteiger partial charge >= 0.3 is 12.1 Å². The van der Waals surface area contributed by atoms with Crippen LogP contribution in [0, 0.1) is 6.92 Å². The van der Waals surface area contributed by atoms with E-state index >= 15 is 0 Å². The number of hydrogen-bond acceptors (Lipinski definition) is 5. The van der Waals surface area contributed by atoms with Crippen molar-refractivity contribution in [3.8, 4) is 16.9 Å². The number of hydrogen-bond donors (Lipinski definition) is 0. The van der Waals surface area contributed by atoms with Crippen molar-refractivity contribution in [3.05, 3.63) is 95.2 Å². The standard InChI is InChI=1S/C28H24F3NO4/c1-17-15-32-27-24(8-5-9-25(27)28(29,30)31)26(17)22-6-4-7-23(14-22)34-16-20-10-12-21(13-11-20)18(2)35-36-19(3)33/h4-15,18H,16H2,1-3H3. The molecule has 0 aliphatic heterocycles. The van der Waals surface area contributed by atoms with Crippen LogP contribution in [0.5, 0.6) is 5.75 Å². The van der Waals surface area contributed by atoms with E-state index in [1.165, 1.54) is 19.2 Å². The van der Waals surface area contributed by atoms with Gasteiger partial charge in [0.05, 0.1) is 11.1 Å². The van der Waals surface area contributed by atoms with Crippen LogP contribution in [0.2, 0.25) is 0 Å². The molecule has 0 amide bonds. The van der Waals surface area contributed by atoms with Crippen molar-refractivity contribution in [1.82, 2.24) is 4.98 Å². The maximum absolute atomic E-state index is 13.5. The monoisotopic (exact) mass is 495 g/mol. The molecule has 0 spiro atoms. The Bertz CT molecular complexity index is 1380. The van der Waals surface area contributed by atoms with Gasteiger partial charge in [-0.2, -0.15) is 18.1 Å². The third-order valence-corrected chi connectivity index (χ3v) is 5.68. The fourth-order valence-electron chi connectivity index (χ4n) is 3.92. The number of aryl methyl sites for hydroxylation is 1. The molecule has 0 N–H and O–H groups in total. The van der Waals surface area contributed by atoms with Gasteiger partial charge in [-0.05, 0) is 59.9 Å². The van der Waals surface area contributed by atoms with Crippen molar-refractivity contribution < 1.29 is 32.5 Å². The summed E-state index contributed by atoms with van der Waals surface area (Å²) < 4.78 is 46.6. The van der Waals surface area contributed by atoms with Crippen LogP contribution in [0.4, 0.5) is 13.2 Å². The number of benzene rings is 3. The molecule has 36 heavy (non-hydrogen) atoms. The van der Waals surface area contributed by atoms with Gasteiger partial charge in [0.1, 0.15) is 18.5 Å². The summed E-state index contributed by atoms with van der Waals surface area (Å²) in [7, 11) is 0. The SMILES string of the molecule is CC(=O)OOC(C)c1ccc(COc2cccc(-c3c(C)cnc4c(C(F)(F)F)cccc34)c2)cc1. The molecule has 0 radical (unpaired) electrons. The number of ether oxygens (including phenoxy) is 1. The lowest BCUT2D eigenvalue weighted by Gasteiger charge is -2.15. The van der Waals surface area contributed by atoms with Crippen LogP contribution in [0.25, 0.3) is 22.0 Å². The third-order valence-electron chi connectivity index (χ3n) is 5.68. The minimum absolute atomic E-state index is 0.0797. The predicted molar refractivity (Wildman–Crippen MR) is 129 cm³/mol. The van der Waals surface area contributed by atoms with Crippen molar-refractivity contribution in [2.75, 3.05) is 0 Å². The molecule has 186 valence electrons. The zero-order valence-electron chi connectivity index (χ0n) is 19.9. The second-order valence-electron chi connectivity index (χ2n) is 8.39. The first-order chi connectivity index (χ1) is 17.1. The van der Waals surface area contributed by atoms with Crippen molar-refractivity contribution in [2.45, 2.75) is 39.7 Å². The van der Waals surface area contributed by atoms with Crippen LogP contribution < -0.4 is 4.74 Å². The lowest BCUT2D eigenvalue weighted by atomic mass is 9.95. The topological polar surface area (TPSA) is 57.7 Å². The zero-order valence-corrected chi connectivity index (χ0v) is 19.9. The summed E-state index contributed by atoms with van der Waals surface area (Å²) in [5.74, 6) is 0.0596. The highest BCUT2D eigenvalue weighted by Gasteiger charge is 2.33. The number of aromatic nitrogens is 1. The third kappa shape index (κ3) is 5.66.